The Kier molecular flexibility index (Phi) is 14.4. The van der Waals surface area contributed by atoms with Crippen molar-refractivity contribution in [2.75, 3.05) is 31.6 Å². The minimum Gasteiger partial charge on any atom is -0.390 e. The van der Waals surface area contributed by atoms with Gasteiger partial charge in [-0.1, -0.05) is 51.0 Å². The van der Waals surface area contributed by atoms with Gasteiger partial charge in [-0.05, 0) is 48.1 Å². The number of unbranched alkanes of at least 4 members (excludes halogenated alkanes) is 2. The van der Waals surface area contributed by atoms with Crippen molar-refractivity contribution in [2.24, 2.45) is 0 Å². The van der Waals surface area contributed by atoms with Crippen LogP contribution in [0.1, 0.15) is 56.2 Å². The first kappa shape index (κ1) is 34.3. The van der Waals surface area contributed by atoms with E-state index in [9.17, 15) is 31.9 Å². The van der Waals surface area contributed by atoms with E-state index in [2.05, 4.69) is 23.6 Å². The fourth-order valence-corrected chi connectivity index (χ4v) is 4.98. The smallest absolute Gasteiger partial charge is 0.239 e. The molecule has 0 heterocycles. The third-order valence-corrected chi connectivity index (χ3v) is 7.62. The fraction of sp³-hybridized carbons (Fsp3) is 0.533. The zero-order valence-corrected chi connectivity index (χ0v) is 25.0. The first-order valence-electron chi connectivity index (χ1n) is 14.1. The molecule has 0 unspecified atom stereocenters. The molecule has 8 nitrogen and oxygen atoms in total. The van der Waals surface area contributed by atoms with Crippen LogP contribution in [0.25, 0.3) is 0 Å². The van der Waals surface area contributed by atoms with Gasteiger partial charge in [-0.15, -0.1) is 0 Å². The molecular formula is C30H43F2N3O5S. The van der Waals surface area contributed by atoms with Crippen LogP contribution in [0.3, 0.4) is 0 Å². The molecule has 2 atom stereocenters. The molecule has 41 heavy (non-hydrogen) atoms. The second kappa shape index (κ2) is 17.2. The van der Waals surface area contributed by atoms with Crippen molar-refractivity contribution in [2.45, 2.75) is 71.1 Å². The standard InChI is InChI=1S/C30H43F2N3O5S/c1-4-6-7-12-35(30(38)11-13-41(3,39)40)21-29(37)34-27(17-24-15-25(31)18-26(32)16-24)28(36)20-33-19-23-10-8-9-22(5-2)14-23/h8-10,14-16,18,27-28,33,36H,4-7,11-13,17,19-21H2,1-3H3,(H,34,37)/t27-,28+/m0/s1. The average Bonchev–Trinajstić information content (AvgIpc) is 2.90. The SMILES string of the molecule is CCCCCN(CC(=O)N[C@@H](Cc1cc(F)cc(F)c1)[C@H](O)CNCc1cccc(CC)c1)C(=O)CCS(C)(=O)=O. The molecule has 3 N–H and O–H groups in total. The maximum atomic E-state index is 13.9. The maximum absolute atomic E-state index is 13.9. The summed E-state index contributed by atoms with van der Waals surface area (Å²) in [6.07, 6.45) is 2.90. The summed E-state index contributed by atoms with van der Waals surface area (Å²) in [7, 11) is -3.36. The van der Waals surface area contributed by atoms with Crippen molar-refractivity contribution in [3.8, 4) is 0 Å². The molecule has 0 bridgehead atoms. The summed E-state index contributed by atoms with van der Waals surface area (Å²) in [5, 5.41) is 16.9. The lowest BCUT2D eigenvalue weighted by atomic mass is 10.0. The highest BCUT2D eigenvalue weighted by atomic mass is 32.2. The summed E-state index contributed by atoms with van der Waals surface area (Å²) in [6, 6.07) is 10.1. The number of hydrogen-bond donors (Lipinski definition) is 3. The van der Waals surface area contributed by atoms with Crippen LogP contribution in [0.15, 0.2) is 42.5 Å². The number of aliphatic hydroxyl groups is 1. The molecular weight excluding hydrogens is 552 g/mol. The highest BCUT2D eigenvalue weighted by Gasteiger charge is 2.25. The van der Waals surface area contributed by atoms with Crippen molar-refractivity contribution < 1.29 is 31.9 Å². The Bertz CT molecular complexity index is 1220. The van der Waals surface area contributed by atoms with Crippen molar-refractivity contribution in [1.29, 1.82) is 0 Å². The predicted molar refractivity (Wildman–Crippen MR) is 156 cm³/mol. The third-order valence-electron chi connectivity index (χ3n) is 6.68. The fourth-order valence-electron chi connectivity index (χ4n) is 4.43. The van der Waals surface area contributed by atoms with Crippen LogP contribution in [-0.4, -0.2) is 74.0 Å². The molecule has 2 amide bonds. The zero-order chi connectivity index (χ0) is 30.4. The largest absolute Gasteiger partial charge is 0.390 e. The van der Waals surface area contributed by atoms with Crippen LogP contribution in [0, 0.1) is 11.6 Å². The van der Waals surface area contributed by atoms with Crippen molar-refractivity contribution in [3.05, 3.63) is 70.8 Å². The van der Waals surface area contributed by atoms with E-state index < -0.39 is 45.4 Å². The molecule has 0 aliphatic heterocycles. The maximum Gasteiger partial charge on any atom is 0.239 e. The van der Waals surface area contributed by atoms with Crippen LogP contribution in [0.5, 0.6) is 0 Å². The number of benzene rings is 2. The normalized spacial score (nSPS) is 13.0. The Morgan fingerprint density at radius 2 is 1.68 bits per heavy atom. The number of nitrogens with one attached hydrogen (secondary N) is 2. The summed E-state index contributed by atoms with van der Waals surface area (Å²) in [5.74, 6) is -2.89. The Morgan fingerprint density at radius 3 is 2.32 bits per heavy atom. The van der Waals surface area contributed by atoms with Crippen molar-refractivity contribution in [1.82, 2.24) is 15.5 Å². The molecule has 0 radical (unpaired) electrons. The van der Waals surface area contributed by atoms with E-state index in [-0.39, 0.29) is 43.8 Å². The Hall–Kier alpha value is -2.89. The van der Waals surface area contributed by atoms with Crippen LogP contribution >= 0.6 is 0 Å². The minimum atomic E-state index is -3.36. The summed E-state index contributed by atoms with van der Waals surface area (Å²) in [5.41, 5.74) is 2.46. The number of carbonyl (C=O) groups is 2. The summed E-state index contributed by atoms with van der Waals surface area (Å²) >= 11 is 0. The quantitative estimate of drug-likeness (QED) is 0.228. The molecule has 0 aliphatic carbocycles. The topological polar surface area (TPSA) is 116 Å². The number of carbonyl (C=O) groups excluding carboxylic acids is 2. The molecule has 0 fully saturated rings. The number of aliphatic hydroxyl groups excluding tert-OH is 1. The number of amides is 2. The van der Waals surface area contributed by atoms with Gasteiger partial charge in [0, 0.05) is 38.4 Å². The number of sulfone groups is 1. The molecule has 228 valence electrons. The Labute approximate surface area is 242 Å². The van der Waals surface area contributed by atoms with Gasteiger partial charge in [0.05, 0.1) is 24.4 Å². The van der Waals surface area contributed by atoms with Crippen molar-refractivity contribution >= 4 is 21.7 Å². The summed E-state index contributed by atoms with van der Waals surface area (Å²) < 4.78 is 50.8. The van der Waals surface area contributed by atoms with Gasteiger partial charge >= 0.3 is 0 Å². The van der Waals surface area contributed by atoms with Gasteiger partial charge in [0.2, 0.25) is 11.8 Å². The molecule has 0 saturated heterocycles. The molecule has 0 saturated carbocycles. The Morgan fingerprint density at radius 1 is 1.00 bits per heavy atom. The number of aryl methyl sites for hydroxylation is 1. The molecule has 2 aromatic rings. The number of rotatable bonds is 18. The van der Waals surface area contributed by atoms with E-state index in [1.165, 1.54) is 10.5 Å². The monoisotopic (exact) mass is 595 g/mol. The average molecular weight is 596 g/mol. The van der Waals surface area contributed by atoms with Gasteiger partial charge < -0.3 is 20.6 Å². The summed E-state index contributed by atoms with van der Waals surface area (Å²) in [6.45, 7) is 4.57. The highest BCUT2D eigenvalue weighted by molar-refractivity contribution is 7.90. The van der Waals surface area contributed by atoms with Gasteiger partial charge in [0.15, 0.2) is 0 Å². The highest BCUT2D eigenvalue weighted by Crippen LogP contribution is 2.13. The Balaban J connectivity index is 2.13. The molecule has 0 spiro atoms. The van der Waals surface area contributed by atoms with Gasteiger partial charge in [-0.3, -0.25) is 9.59 Å². The first-order chi connectivity index (χ1) is 19.4. The van der Waals surface area contributed by atoms with E-state index in [1.54, 1.807) is 0 Å². The second-order valence-electron chi connectivity index (χ2n) is 10.4. The molecule has 11 heteroatoms. The zero-order valence-electron chi connectivity index (χ0n) is 24.2. The van der Waals surface area contributed by atoms with Crippen LogP contribution in [-0.2, 0) is 38.8 Å². The van der Waals surface area contributed by atoms with E-state index in [1.807, 2.05) is 25.1 Å². The third kappa shape index (κ3) is 13.5. The van der Waals surface area contributed by atoms with E-state index in [0.29, 0.717) is 13.0 Å². The minimum absolute atomic E-state index is 0.0492. The van der Waals surface area contributed by atoms with E-state index in [4.69, 9.17) is 0 Å². The number of nitrogens with zero attached hydrogens (tertiary/aromatic N) is 1. The van der Waals surface area contributed by atoms with Gasteiger partial charge in [0.1, 0.15) is 21.5 Å². The van der Waals surface area contributed by atoms with Crippen LogP contribution in [0.4, 0.5) is 8.78 Å². The van der Waals surface area contributed by atoms with E-state index in [0.717, 1.165) is 49.3 Å². The molecule has 0 aliphatic rings. The summed E-state index contributed by atoms with van der Waals surface area (Å²) in [4.78, 5) is 27.2. The molecule has 2 rings (SSSR count). The van der Waals surface area contributed by atoms with Crippen molar-refractivity contribution in [3.63, 3.8) is 0 Å². The van der Waals surface area contributed by atoms with Crippen LogP contribution < -0.4 is 10.6 Å². The lowest BCUT2D eigenvalue weighted by Gasteiger charge is -2.27. The molecule has 2 aromatic carbocycles. The van der Waals surface area contributed by atoms with Crippen LogP contribution in [0.2, 0.25) is 0 Å². The number of hydrogen-bond acceptors (Lipinski definition) is 6. The van der Waals surface area contributed by atoms with Gasteiger partial charge in [-0.2, -0.15) is 0 Å². The lowest BCUT2D eigenvalue weighted by Crippen LogP contribution is -2.51. The molecule has 0 aromatic heterocycles. The number of halogens is 2. The van der Waals surface area contributed by atoms with Gasteiger partial charge in [-0.25, -0.2) is 17.2 Å². The first-order valence-corrected chi connectivity index (χ1v) is 16.1. The lowest BCUT2D eigenvalue weighted by molar-refractivity contribution is -0.136. The van der Waals surface area contributed by atoms with E-state index >= 15 is 0 Å². The second-order valence-corrected chi connectivity index (χ2v) is 12.7. The van der Waals surface area contributed by atoms with Gasteiger partial charge in [0.25, 0.3) is 0 Å². The predicted octanol–water partition coefficient (Wildman–Crippen LogP) is 3.16.